The Morgan fingerprint density at radius 3 is 2.96 bits per heavy atom. The van der Waals surface area contributed by atoms with Gasteiger partial charge in [0.2, 0.25) is 5.95 Å². The van der Waals surface area contributed by atoms with Gasteiger partial charge in [0.05, 0.1) is 22.4 Å². The lowest BCUT2D eigenvalue weighted by Gasteiger charge is -2.07. The predicted molar refractivity (Wildman–Crippen MR) is 100 cm³/mol. The van der Waals surface area contributed by atoms with Gasteiger partial charge in [-0.15, -0.1) is 5.10 Å². The van der Waals surface area contributed by atoms with Crippen molar-refractivity contribution in [3.8, 4) is 11.4 Å². The van der Waals surface area contributed by atoms with Crippen LogP contribution >= 0.6 is 11.6 Å². The molecule has 5 aromatic rings. The second-order valence-corrected chi connectivity index (χ2v) is 6.27. The minimum atomic E-state index is 0.581. The summed E-state index contributed by atoms with van der Waals surface area (Å²) in [6, 6.07) is 5.72. The minimum Gasteiger partial charge on any atom is -0.360 e. The van der Waals surface area contributed by atoms with Crippen molar-refractivity contribution < 1.29 is 0 Å². The van der Waals surface area contributed by atoms with E-state index in [0.717, 1.165) is 33.1 Å². The summed E-state index contributed by atoms with van der Waals surface area (Å²) in [5.74, 6) is 1.19. The highest BCUT2D eigenvalue weighted by molar-refractivity contribution is 6.38. The molecule has 0 aliphatic heterocycles. The van der Waals surface area contributed by atoms with Gasteiger partial charge in [-0.3, -0.25) is 10.1 Å². The topological polar surface area (TPSA) is 100 Å². The number of benzene rings is 1. The molecule has 128 valence electrons. The maximum absolute atomic E-state index is 6.48. The average molecular weight is 365 g/mol. The number of nitrogens with one attached hydrogen (secondary N) is 3. The molecule has 0 fully saturated rings. The van der Waals surface area contributed by atoms with Gasteiger partial charge in [0.25, 0.3) is 0 Å². The molecule has 1 aromatic carbocycles. The van der Waals surface area contributed by atoms with Crippen molar-refractivity contribution >= 4 is 45.0 Å². The highest BCUT2D eigenvalue weighted by Crippen LogP contribution is 2.32. The number of aromatic amines is 2. The van der Waals surface area contributed by atoms with Crippen LogP contribution in [0.2, 0.25) is 5.02 Å². The Hall–Kier alpha value is -3.39. The van der Waals surface area contributed by atoms with Gasteiger partial charge in [-0.05, 0) is 18.2 Å². The summed E-state index contributed by atoms with van der Waals surface area (Å²) >= 11 is 6.48. The predicted octanol–water partition coefficient (Wildman–Crippen LogP) is 3.63. The molecule has 0 unspecified atom stereocenters. The lowest BCUT2D eigenvalue weighted by atomic mass is 10.2. The van der Waals surface area contributed by atoms with E-state index in [1.165, 1.54) is 0 Å². The molecule has 3 N–H and O–H groups in total. The number of hydrogen-bond donors (Lipinski definition) is 3. The van der Waals surface area contributed by atoms with Crippen LogP contribution in [0.5, 0.6) is 0 Å². The first-order valence-electron chi connectivity index (χ1n) is 7.92. The molecular weight excluding hydrogens is 352 g/mol. The lowest BCUT2D eigenvalue weighted by Crippen LogP contribution is -2.00. The van der Waals surface area contributed by atoms with Crippen molar-refractivity contribution in [2.75, 3.05) is 5.32 Å². The first-order valence-corrected chi connectivity index (χ1v) is 8.29. The Kier molecular flexibility index (Phi) is 3.19. The summed E-state index contributed by atoms with van der Waals surface area (Å²) in [5.41, 5.74) is 3.51. The van der Waals surface area contributed by atoms with Crippen molar-refractivity contribution in [2.45, 2.75) is 0 Å². The van der Waals surface area contributed by atoms with Crippen LogP contribution in [0.25, 0.3) is 33.2 Å². The van der Waals surface area contributed by atoms with Crippen LogP contribution < -0.4 is 5.32 Å². The number of fused-ring (bicyclic) bond motifs is 2. The number of H-pyrrole nitrogens is 2. The zero-order chi connectivity index (χ0) is 17.7. The van der Waals surface area contributed by atoms with E-state index in [4.69, 9.17) is 11.6 Å². The number of nitrogens with zero attached hydrogens (tertiary/aromatic N) is 5. The van der Waals surface area contributed by atoms with E-state index in [1.54, 1.807) is 23.3 Å². The van der Waals surface area contributed by atoms with Gasteiger partial charge in [0.1, 0.15) is 0 Å². The van der Waals surface area contributed by atoms with E-state index in [9.17, 15) is 0 Å². The molecule has 4 heterocycles. The molecule has 5 rings (SSSR count). The largest absolute Gasteiger partial charge is 0.360 e. The molecule has 9 heteroatoms. The first-order chi connectivity index (χ1) is 12.7. The van der Waals surface area contributed by atoms with Crippen LogP contribution in [0.4, 0.5) is 11.6 Å². The molecule has 0 aliphatic rings. The second-order valence-electron chi connectivity index (χ2n) is 5.89. The summed E-state index contributed by atoms with van der Waals surface area (Å²) in [6.45, 7) is 0. The maximum Gasteiger partial charge on any atom is 0.225 e. The fourth-order valence-corrected chi connectivity index (χ4v) is 3.22. The molecule has 8 nitrogen and oxygen atoms in total. The van der Waals surface area contributed by atoms with Crippen LogP contribution in [0.3, 0.4) is 0 Å². The first kappa shape index (κ1) is 14.9. The van der Waals surface area contributed by atoms with Gasteiger partial charge < -0.3 is 10.3 Å². The number of aryl methyl sites for hydroxylation is 1. The van der Waals surface area contributed by atoms with E-state index in [-0.39, 0.29) is 0 Å². The highest BCUT2D eigenvalue weighted by Gasteiger charge is 2.15. The van der Waals surface area contributed by atoms with Gasteiger partial charge in [0.15, 0.2) is 5.82 Å². The molecule has 0 aliphatic carbocycles. The molecule has 0 saturated carbocycles. The second kappa shape index (κ2) is 5.57. The number of rotatable bonds is 3. The number of pyridine rings is 1. The Bertz CT molecular complexity index is 1250. The van der Waals surface area contributed by atoms with Crippen molar-refractivity contribution in [1.29, 1.82) is 0 Å². The third-order valence-corrected chi connectivity index (χ3v) is 4.70. The Labute approximate surface area is 152 Å². The van der Waals surface area contributed by atoms with E-state index >= 15 is 0 Å². The van der Waals surface area contributed by atoms with Gasteiger partial charge in [-0.25, -0.2) is 4.68 Å². The summed E-state index contributed by atoms with van der Waals surface area (Å²) < 4.78 is 1.68. The van der Waals surface area contributed by atoms with Crippen molar-refractivity contribution in [1.82, 2.24) is 34.9 Å². The average Bonchev–Trinajstić information content (AvgIpc) is 3.36. The Balaban J connectivity index is 1.55. The van der Waals surface area contributed by atoms with E-state index in [2.05, 4.69) is 35.6 Å². The molecule has 0 amide bonds. The zero-order valence-electron chi connectivity index (χ0n) is 13.7. The van der Waals surface area contributed by atoms with Crippen molar-refractivity contribution in [2.24, 2.45) is 7.05 Å². The molecular formula is C17H13ClN8. The smallest absolute Gasteiger partial charge is 0.225 e. The molecule has 0 saturated heterocycles. The van der Waals surface area contributed by atoms with E-state index in [1.807, 2.05) is 31.4 Å². The molecule has 4 aromatic heterocycles. The van der Waals surface area contributed by atoms with E-state index in [0.29, 0.717) is 16.8 Å². The molecule has 0 spiro atoms. The summed E-state index contributed by atoms with van der Waals surface area (Å²) in [7, 11) is 1.83. The number of halogens is 1. The highest BCUT2D eigenvalue weighted by atomic mass is 35.5. The monoisotopic (exact) mass is 364 g/mol. The van der Waals surface area contributed by atoms with Gasteiger partial charge in [-0.1, -0.05) is 11.6 Å². The summed E-state index contributed by atoms with van der Waals surface area (Å²) in [5, 5.41) is 17.1. The minimum absolute atomic E-state index is 0.581. The normalized spacial score (nSPS) is 11.5. The van der Waals surface area contributed by atoms with Crippen molar-refractivity contribution in [3.05, 3.63) is 48.0 Å². The Morgan fingerprint density at radius 1 is 1.12 bits per heavy atom. The maximum atomic E-state index is 6.48. The zero-order valence-corrected chi connectivity index (χ0v) is 14.4. The molecule has 0 radical (unpaired) electrons. The lowest BCUT2D eigenvalue weighted by molar-refractivity contribution is 0.778. The van der Waals surface area contributed by atoms with Crippen molar-refractivity contribution in [3.63, 3.8) is 0 Å². The van der Waals surface area contributed by atoms with Crippen LogP contribution in [-0.2, 0) is 7.05 Å². The third kappa shape index (κ3) is 2.23. The van der Waals surface area contributed by atoms with E-state index < -0.39 is 0 Å². The summed E-state index contributed by atoms with van der Waals surface area (Å²) in [6.07, 6.45) is 7.13. The Morgan fingerprint density at radius 2 is 2.04 bits per heavy atom. The molecule has 0 bridgehead atoms. The number of hydrogen-bond acceptors (Lipinski definition) is 5. The van der Waals surface area contributed by atoms with Gasteiger partial charge in [0, 0.05) is 47.5 Å². The van der Waals surface area contributed by atoms with Gasteiger partial charge >= 0.3 is 0 Å². The number of aromatic nitrogens is 7. The quantitative estimate of drug-likeness (QED) is 0.454. The third-order valence-electron chi connectivity index (χ3n) is 4.29. The van der Waals surface area contributed by atoms with Crippen LogP contribution in [0.1, 0.15) is 0 Å². The molecule has 0 atom stereocenters. The fraction of sp³-hybridized carbons (Fsp3) is 0.0588. The standard InChI is InChI=1S/C17H13ClN8/c1-26-17(22-14-3-2-13-11(15(14)18)8-21-24-13)23-16(25-26)10-7-20-12-4-5-19-6-9(10)12/h2-8,20H,1H3,(H,21,24)(H,22,23,25). The van der Waals surface area contributed by atoms with Gasteiger partial charge in [-0.2, -0.15) is 10.1 Å². The SMILES string of the molecule is Cn1nc(-c2c[nH]c3ccncc23)nc1Nc1ccc2[nH]ncc2c1Cl. The van der Waals surface area contributed by atoms with Crippen LogP contribution in [-0.4, -0.2) is 34.9 Å². The summed E-state index contributed by atoms with van der Waals surface area (Å²) in [4.78, 5) is 12.0. The fourth-order valence-electron chi connectivity index (χ4n) is 2.96. The number of anilines is 2. The van der Waals surface area contributed by atoms with Crippen LogP contribution in [0, 0.1) is 0 Å². The van der Waals surface area contributed by atoms with Crippen LogP contribution in [0.15, 0.2) is 43.0 Å². The molecule has 26 heavy (non-hydrogen) atoms.